The van der Waals surface area contributed by atoms with Crippen molar-refractivity contribution < 1.29 is 9.90 Å². The molecule has 0 aromatic heterocycles. The molecule has 0 saturated carbocycles. The fourth-order valence-electron chi connectivity index (χ4n) is 0.815. The van der Waals surface area contributed by atoms with E-state index in [0.29, 0.717) is 0 Å². The summed E-state index contributed by atoms with van der Waals surface area (Å²) in [5.74, 6) is -1.18. The standard InChI is InChI=1S/C7H4ClN3O2/c8-4-1-2-6(10-11-9)5(3-4)7(12)13/h1-3H,(H,12,13). The van der Waals surface area contributed by atoms with E-state index in [0.717, 1.165) is 0 Å². The molecule has 1 N–H and O–H groups in total. The number of carboxylic acids is 1. The Morgan fingerprint density at radius 3 is 2.85 bits per heavy atom. The van der Waals surface area contributed by atoms with Gasteiger partial charge in [0.15, 0.2) is 0 Å². The molecule has 1 aromatic rings. The van der Waals surface area contributed by atoms with Gasteiger partial charge in [0.2, 0.25) is 0 Å². The van der Waals surface area contributed by atoms with Gasteiger partial charge in [-0.3, -0.25) is 0 Å². The molecule has 0 radical (unpaired) electrons. The molecule has 0 spiro atoms. The summed E-state index contributed by atoms with van der Waals surface area (Å²) in [7, 11) is 0. The summed E-state index contributed by atoms with van der Waals surface area (Å²) in [5, 5.41) is 12.2. The summed E-state index contributed by atoms with van der Waals surface area (Å²) < 4.78 is 0. The number of carboxylic acid groups (broad SMARTS) is 1. The van der Waals surface area contributed by atoms with E-state index in [-0.39, 0.29) is 16.3 Å². The van der Waals surface area contributed by atoms with Crippen molar-refractivity contribution in [2.24, 2.45) is 5.11 Å². The summed E-state index contributed by atoms with van der Waals surface area (Å²) in [6, 6.07) is 4.04. The number of benzene rings is 1. The van der Waals surface area contributed by atoms with Gasteiger partial charge in [-0.15, -0.1) is 0 Å². The monoisotopic (exact) mass is 197 g/mol. The van der Waals surface area contributed by atoms with Gasteiger partial charge in [0, 0.05) is 9.93 Å². The molecular formula is C7H4ClN3O2. The molecule has 0 fully saturated rings. The predicted molar refractivity (Wildman–Crippen MR) is 47.2 cm³/mol. The van der Waals surface area contributed by atoms with Gasteiger partial charge in [-0.1, -0.05) is 22.8 Å². The van der Waals surface area contributed by atoms with Crippen molar-refractivity contribution in [3.63, 3.8) is 0 Å². The van der Waals surface area contributed by atoms with E-state index in [1.807, 2.05) is 0 Å². The first-order chi connectivity index (χ1) is 6.15. The predicted octanol–water partition coefficient (Wildman–Crippen LogP) is 2.98. The summed E-state index contributed by atoms with van der Waals surface area (Å²) in [6.45, 7) is 0. The van der Waals surface area contributed by atoms with Crippen molar-refractivity contribution in [1.29, 1.82) is 0 Å². The average Bonchev–Trinajstić information content (AvgIpc) is 2.08. The van der Waals surface area contributed by atoms with Crippen LogP contribution < -0.4 is 0 Å². The number of halogens is 1. The second-order valence-electron chi connectivity index (χ2n) is 2.16. The van der Waals surface area contributed by atoms with Crippen molar-refractivity contribution in [3.05, 3.63) is 39.2 Å². The van der Waals surface area contributed by atoms with Crippen LogP contribution in [0.25, 0.3) is 10.4 Å². The lowest BCUT2D eigenvalue weighted by molar-refractivity contribution is 0.0698. The lowest BCUT2D eigenvalue weighted by atomic mass is 10.2. The number of hydrogen-bond donors (Lipinski definition) is 1. The molecule has 5 nitrogen and oxygen atoms in total. The van der Waals surface area contributed by atoms with E-state index in [1.165, 1.54) is 18.2 Å². The zero-order chi connectivity index (χ0) is 9.84. The second-order valence-corrected chi connectivity index (χ2v) is 2.59. The van der Waals surface area contributed by atoms with Crippen molar-refractivity contribution in [1.82, 2.24) is 0 Å². The molecule has 0 heterocycles. The summed E-state index contributed by atoms with van der Waals surface area (Å²) in [4.78, 5) is 13.1. The fourth-order valence-corrected chi connectivity index (χ4v) is 0.987. The quantitative estimate of drug-likeness (QED) is 0.449. The van der Waals surface area contributed by atoms with Crippen molar-refractivity contribution in [2.45, 2.75) is 0 Å². The molecule has 66 valence electrons. The lowest BCUT2D eigenvalue weighted by Gasteiger charge is -1.98. The lowest BCUT2D eigenvalue weighted by Crippen LogP contribution is -1.95. The molecule has 6 heteroatoms. The van der Waals surface area contributed by atoms with Gasteiger partial charge in [0.25, 0.3) is 0 Å². The zero-order valence-electron chi connectivity index (χ0n) is 6.31. The van der Waals surface area contributed by atoms with Gasteiger partial charge >= 0.3 is 5.97 Å². The Hall–Kier alpha value is -1.71. The molecule has 0 amide bonds. The molecule has 0 aliphatic carbocycles. The number of rotatable bonds is 2. The van der Waals surface area contributed by atoms with Crippen molar-refractivity contribution in [2.75, 3.05) is 0 Å². The first kappa shape index (κ1) is 9.38. The Bertz CT molecular complexity index is 399. The topological polar surface area (TPSA) is 86.1 Å². The zero-order valence-corrected chi connectivity index (χ0v) is 7.06. The molecule has 0 aliphatic heterocycles. The minimum atomic E-state index is -1.18. The minimum absolute atomic E-state index is 0.0550. The average molecular weight is 198 g/mol. The van der Waals surface area contributed by atoms with E-state index in [2.05, 4.69) is 10.0 Å². The van der Waals surface area contributed by atoms with Crippen LogP contribution in [0.4, 0.5) is 5.69 Å². The van der Waals surface area contributed by atoms with Gasteiger partial charge in [-0.25, -0.2) is 4.79 Å². The minimum Gasteiger partial charge on any atom is -0.478 e. The highest BCUT2D eigenvalue weighted by atomic mass is 35.5. The number of aromatic carboxylic acids is 1. The summed E-state index contributed by atoms with van der Waals surface area (Å²) >= 11 is 5.56. The van der Waals surface area contributed by atoms with Crippen LogP contribution >= 0.6 is 11.6 Å². The van der Waals surface area contributed by atoms with E-state index >= 15 is 0 Å². The van der Waals surface area contributed by atoms with Gasteiger partial charge in [-0.2, -0.15) is 0 Å². The maximum absolute atomic E-state index is 10.6. The van der Waals surface area contributed by atoms with E-state index in [1.54, 1.807) is 0 Å². The van der Waals surface area contributed by atoms with Crippen LogP contribution in [0.1, 0.15) is 10.4 Å². The van der Waals surface area contributed by atoms with E-state index < -0.39 is 5.97 Å². The van der Waals surface area contributed by atoms with E-state index in [9.17, 15) is 4.79 Å². The highest BCUT2D eigenvalue weighted by molar-refractivity contribution is 6.31. The summed E-state index contributed by atoms with van der Waals surface area (Å²) in [6.07, 6.45) is 0. The Morgan fingerprint density at radius 2 is 2.31 bits per heavy atom. The van der Waals surface area contributed by atoms with Crippen LogP contribution in [-0.2, 0) is 0 Å². The van der Waals surface area contributed by atoms with Crippen LogP contribution in [0.3, 0.4) is 0 Å². The third-order valence-corrected chi connectivity index (χ3v) is 1.58. The third-order valence-electron chi connectivity index (χ3n) is 1.34. The largest absolute Gasteiger partial charge is 0.478 e. The highest BCUT2D eigenvalue weighted by Crippen LogP contribution is 2.23. The molecule has 0 atom stereocenters. The molecule has 0 saturated heterocycles. The number of nitrogens with zero attached hydrogens (tertiary/aromatic N) is 3. The Morgan fingerprint density at radius 1 is 1.62 bits per heavy atom. The normalized spacial score (nSPS) is 9.00. The second kappa shape index (κ2) is 3.80. The first-order valence-corrected chi connectivity index (χ1v) is 3.61. The molecule has 0 aliphatic rings. The smallest absolute Gasteiger partial charge is 0.336 e. The molecular weight excluding hydrogens is 194 g/mol. The van der Waals surface area contributed by atoms with Gasteiger partial charge in [-0.05, 0) is 17.7 Å². The maximum atomic E-state index is 10.6. The molecule has 0 unspecified atom stereocenters. The Labute approximate surface area is 78.2 Å². The van der Waals surface area contributed by atoms with Crippen LogP contribution in [-0.4, -0.2) is 11.1 Å². The van der Waals surface area contributed by atoms with Crippen molar-refractivity contribution in [3.8, 4) is 0 Å². The van der Waals surface area contributed by atoms with Crippen LogP contribution in [0.15, 0.2) is 23.3 Å². The highest BCUT2D eigenvalue weighted by Gasteiger charge is 2.08. The molecule has 1 aromatic carbocycles. The number of hydrogen-bond acceptors (Lipinski definition) is 2. The van der Waals surface area contributed by atoms with Crippen LogP contribution in [0, 0.1) is 0 Å². The first-order valence-electron chi connectivity index (χ1n) is 3.23. The fraction of sp³-hybridized carbons (Fsp3) is 0. The molecule has 0 bridgehead atoms. The number of azide groups is 1. The van der Waals surface area contributed by atoms with E-state index in [4.69, 9.17) is 22.2 Å². The van der Waals surface area contributed by atoms with Gasteiger partial charge in [0.05, 0.1) is 11.3 Å². The third kappa shape index (κ3) is 2.11. The molecule has 1 rings (SSSR count). The molecule has 13 heavy (non-hydrogen) atoms. The summed E-state index contributed by atoms with van der Waals surface area (Å²) in [5.41, 5.74) is 8.08. The Kier molecular flexibility index (Phi) is 2.74. The van der Waals surface area contributed by atoms with Crippen LogP contribution in [0.2, 0.25) is 5.02 Å². The Balaban J connectivity index is 3.34. The van der Waals surface area contributed by atoms with Gasteiger partial charge in [0.1, 0.15) is 0 Å². The van der Waals surface area contributed by atoms with Gasteiger partial charge < -0.3 is 5.11 Å². The number of carbonyl (C=O) groups is 1. The van der Waals surface area contributed by atoms with Crippen LogP contribution in [0.5, 0.6) is 0 Å². The SMILES string of the molecule is [N-]=[N+]=Nc1ccc(Cl)cc1C(=O)O. The maximum Gasteiger partial charge on any atom is 0.336 e. The van der Waals surface area contributed by atoms with Crippen molar-refractivity contribution >= 4 is 23.3 Å².